The van der Waals surface area contributed by atoms with Crippen LogP contribution < -0.4 is 10.2 Å². The van der Waals surface area contributed by atoms with Gasteiger partial charge < -0.3 is 5.32 Å². The van der Waals surface area contributed by atoms with Gasteiger partial charge in [-0.25, -0.2) is 8.78 Å². The van der Waals surface area contributed by atoms with Crippen LogP contribution in [0.5, 0.6) is 0 Å². The van der Waals surface area contributed by atoms with Crippen molar-refractivity contribution in [3.05, 3.63) is 101 Å². The predicted octanol–water partition coefficient (Wildman–Crippen LogP) is 5.98. The lowest BCUT2D eigenvalue weighted by atomic mass is 9.96. The van der Waals surface area contributed by atoms with E-state index in [-0.39, 0.29) is 34.7 Å². The van der Waals surface area contributed by atoms with Gasteiger partial charge in [0.25, 0.3) is 5.91 Å². The average molecular weight is 481 g/mol. The van der Waals surface area contributed by atoms with Gasteiger partial charge in [-0.1, -0.05) is 31.2 Å². The highest BCUT2D eigenvalue weighted by Crippen LogP contribution is 2.42. The number of hydrogen-bond acceptors (Lipinski definition) is 3. The second-order valence-corrected chi connectivity index (χ2v) is 9.42. The quantitative estimate of drug-likeness (QED) is 0.453. The van der Waals surface area contributed by atoms with Crippen LogP contribution in [0.2, 0.25) is 0 Å². The fourth-order valence-corrected chi connectivity index (χ4v) is 5.35. The summed E-state index contributed by atoms with van der Waals surface area (Å²) in [6, 6.07) is 17.8. The molecule has 0 aromatic heterocycles. The number of hydrogen-bond donors (Lipinski definition) is 1. The number of aryl methyl sites for hydroxylation is 1. The van der Waals surface area contributed by atoms with Crippen molar-refractivity contribution in [1.82, 2.24) is 5.32 Å². The Bertz CT molecular complexity index is 1180. The summed E-state index contributed by atoms with van der Waals surface area (Å²) >= 11 is 1.50. The van der Waals surface area contributed by atoms with E-state index >= 15 is 0 Å². The van der Waals surface area contributed by atoms with Gasteiger partial charge in [-0.05, 0) is 72.5 Å². The van der Waals surface area contributed by atoms with Crippen LogP contribution in [0.25, 0.3) is 0 Å². The highest BCUT2D eigenvalue weighted by atomic mass is 32.2. The molecule has 3 aromatic rings. The fourth-order valence-electron chi connectivity index (χ4n) is 4.18. The summed E-state index contributed by atoms with van der Waals surface area (Å²) in [5.41, 5.74) is 3.88. The second-order valence-electron chi connectivity index (χ2n) is 8.35. The molecule has 0 aliphatic carbocycles. The van der Waals surface area contributed by atoms with Crippen LogP contribution in [0.15, 0.2) is 66.7 Å². The number of amides is 2. The summed E-state index contributed by atoms with van der Waals surface area (Å²) in [5.74, 6) is -0.403. The van der Waals surface area contributed by atoms with Crippen molar-refractivity contribution in [1.29, 1.82) is 0 Å². The van der Waals surface area contributed by atoms with Gasteiger partial charge in [0.2, 0.25) is 5.91 Å². The molecule has 4 rings (SSSR count). The van der Waals surface area contributed by atoms with Gasteiger partial charge in [0.1, 0.15) is 17.0 Å². The highest BCUT2D eigenvalue weighted by Gasteiger charge is 2.35. The van der Waals surface area contributed by atoms with E-state index in [0.29, 0.717) is 17.9 Å². The van der Waals surface area contributed by atoms with Crippen molar-refractivity contribution in [2.45, 2.75) is 31.6 Å². The first kappa shape index (κ1) is 24.0. The van der Waals surface area contributed by atoms with Gasteiger partial charge in [0, 0.05) is 23.7 Å². The van der Waals surface area contributed by atoms with Gasteiger partial charge in [-0.3, -0.25) is 14.5 Å². The Morgan fingerprint density at radius 3 is 2.32 bits per heavy atom. The van der Waals surface area contributed by atoms with Crippen LogP contribution in [-0.2, 0) is 4.79 Å². The Hall–Kier alpha value is -3.19. The van der Waals surface area contributed by atoms with Crippen LogP contribution in [0.1, 0.15) is 51.7 Å². The van der Waals surface area contributed by atoms with E-state index in [4.69, 9.17) is 0 Å². The first-order valence-electron chi connectivity index (χ1n) is 11.2. The van der Waals surface area contributed by atoms with Gasteiger partial charge in [0.05, 0.1) is 5.75 Å². The molecule has 4 nitrogen and oxygen atoms in total. The van der Waals surface area contributed by atoms with E-state index in [0.717, 1.165) is 28.8 Å². The molecule has 2 amide bonds. The number of rotatable bonds is 7. The van der Waals surface area contributed by atoms with Crippen LogP contribution in [-0.4, -0.2) is 24.1 Å². The van der Waals surface area contributed by atoms with Crippen molar-refractivity contribution < 1.29 is 18.4 Å². The number of halogens is 2. The monoisotopic (exact) mass is 480 g/mol. The fraction of sp³-hybridized carbons (Fsp3) is 0.259. The van der Waals surface area contributed by atoms with Gasteiger partial charge in [-0.2, -0.15) is 0 Å². The van der Waals surface area contributed by atoms with Gasteiger partial charge in [0.15, 0.2) is 0 Å². The molecule has 7 heteroatoms. The molecule has 0 spiro atoms. The van der Waals surface area contributed by atoms with E-state index in [1.807, 2.05) is 13.8 Å². The third kappa shape index (κ3) is 5.14. The predicted molar refractivity (Wildman–Crippen MR) is 132 cm³/mol. The molecule has 176 valence electrons. The molecule has 0 saturated carbocycles. The number of nitrogens with zero attached hydrogens (tertiary/aromatic N) is 1. The van der Waals surface area contributed by atoms with E-state index in [1.54, 1.807) is 47.4 Å². The molecular formula is C27H26F2N2O2S. The van der Waals surface area contributed by atoms with Crippen LogP contribution in [0, 0.1) is 18.6 Å². The second kappa shape index (κ2) is 10.4. The number of thioether (sulfide) groups is 1. The van der Waals surface area contributed by atoms with Crippen molar-refractivity contribution >= 4 is 29.3 Å². The maximum absolute atomic E-state index is 13.4. The minimum Gasteiger partial charge on any atom is -0.351 e. The first-order chi connectivity index (χ1) is 16.4. The molecule has 1 aliphatic rings. The van der Waals surface area contributed by atoms with Crippen molar-refractivity contribution in [3.8, 4) is 0 Å². The maximum atomic E-state index is 13.4. The maximum Gasteiger partial charge on any atom is 0.251 e. The van der Waals surface area contributed by atoms with Crippen LogP contribution in [0.4, 0.5) is 14.5 Å². The summed E-state index contributed by atoms with van der Waals surface area (Å²) in [4.78, 5) is 27.2. The van der Waals surface area contributed by atoms with Crippen molar-refractivity contribution in [3.63, 3.8) is 0 Å². The van der Waals surface area contributed by atoms with E-state index in [9.17, 15) is 18.4 Å². The molecule has 2 atom stereocenters. The Morgan fingerprint density at radius 2 is 1.71 bits per heavy atom. The zero-order valence-corrected chi connectivity index (χ0v) is 19.9. The lowest BCUT2D eigenvalue weighted by molar-refractivity contribution is -0.115. The number of anilines is 1. The van der Waals surface area contributed by atoms with E-state index < -0.39 is 0 Å². The molecule has 3 aromatic carbocycles. The largest absolute Gasteiger partial charge is 0.351 e. The van der Waals surface area contributed by atoms with Crippen LogP contribution in [0.3, 0.4) is 0 Å². The molecule has 1 heterocycles. The third-order valence-corrected chi connectivity index (χ3v) is 7.30. The number of carbonyl (C=O) groups is 2. The molecular weight excluding hydrogens is 454 g/mol. The zero-order chi connectivity index (χ0) is 24.2. The average Bonchev–Trinajstić information content (AvgIpc) is 3.21. The Morgan fingerprint density at radius 1 is 1.06 bits per heavy atom. The highest BCUT2D eigenvalue weighted by molar-refractivity contribution is 8.00. The third-order valence-electron chi connectivity index (χ3n) is 6.08. The summed E-state index contributed by atoms with van der Waals surface area (Å²) in [5, 5.41) is 2.73. The number of benzene rings is 3. The SMILES string of the molecule is CCC(CNC(=O)c1ccc(N2C(=O)CSC2c2ccc(F)cc2)c(C)c1)c1ccc(F)cc1. The molecule has 0 bridgehead atoms. The first-order valence-corrected chi connectivity index (χ1v) is 12.3. The molecule has 34 heavy (non-hydrogen) atoms. The minimum atomic E-state index is -0.319. The summed E-state index contributed by atoms with van der Waals surface area (Å²) in [6.07, 6.45) is 0.809. The minimum absolute atomic E-state index is 0.0234. The molecule has 1 saturated heterocycles. The lowest BCUT2D eigenvalue weighted by Crippen LogP contribution is -2.30. The number of carbonyl (C=O) groups excluding carboxylic acids is 2. The molecule has 1 fully saturated rings. The summed E-state index contributed by atoms with van der Waals surface area (Å²) < 4.78 is 26.6. The standard InChI is InChI=1S/C27H26F2N2O2S/c1-3-18(19-4-9-22(28)10-5-19)15-30-26(33)21-8-13-24(17(2)14-21)31-25(32)16-34-27(31)20-6-11-23(29)12-7-20/h4-14,18,27H,3,15-16H2,1-2H3,(H,30,33). The summed E-state index contributed by atoms with van der Waals surface area (Å²) in [6.45, 7) is 4.34. The van der Waals surface area contributed by atoms with Crippen molar-refractivity contribution in [2.24, 2.45) is 0 Å². The molecule has 1 N–H and O–H groups in total. The molecule has 2 unspecified atom stereocenters. The van der Waals surface area contributed by atoms with E-state index in [2.05, 4.69) is 5.32 Å². The normalized spacial score (nSPS) is 16.5. The smallest absolute Gasteiger partial charge is 0.251 e. The summed E-state index contributed by atoms with van der Waals surface area (Å²) in [7, 11) is 0. The Labute approximate surface area is 202 Å². The van der Waals surface area contributed by atoms with E-state index in [1.165, 1.54) is 36.0 Å². The topological polar surface area (TPSA) is 49.4 Å². The van der Waals surface area contributed by atoms with Crippen molar-refractivity contribution in [2.75, 3.05) is 17.2 Å². The molecule has 0 radical (unpaired) electrons. The number of nitrogens with one attached hydrogen (secondary N) is 1. The Kier molecular flexibility index (Phi) is 7.32. The van der Waals surface area contributed by atoms with Gasteiger partial charge in [-0.15, -0.1) is 11.8 Å². The van der Waals surface area contributed by atoms with Gasteiger partial charge >= 0.3 is 0 Å². The van der Waals surface area contributed by atoms with Crippen LogP contribution >= 0.6 is 11.8 Å². The zero-order valence-electron chi connectivity index (χ0n) is 19.1. The molecule has 1 aliphatic heterocycles. The lowest BCUT2D eigenvalue weighted by Gasteiger charge is -2.26. The Balaban J connectivity index is 1.48.